The number of aryl methyl sites for hydroxylation is 1. The summed E-state index contributed by atoms with van der Waals surface area (Å²) < 4.78 is 1.32. The molecule has 0 spiro atoms. The summed E-state index contributed by atoms with van der Waals surface area (Å²) in [6.07, 6.45) is 2.24. The average Bonchev–Trinajstić information content (AvgIpc) is 2.39. The fraction of sp³-hybridized carbons (Fsp3) is 0.294. The molecule has 19 heavy (non-hydrogen) atoms. The maximum absolute atomic E-state index is 6.43. The van der Waals surface area contributed by atoms with Gasteiger partial charge in [0.15, 0.2) is 0 Å². The fourth-order valence-corrected chi connectivity index (χ4v) is 3.72. The van der Waals surface area contributed by atoms with E-state index >= 15 is 0 Å². The second kappa shape index (κ2) is 5.25. The van der Waals surface area contributed by atoms with Crippen molar-refractivity contribution in [3.05, 3.63) is 68.3 Å². The Morgan fingerprint density at radius 2 is 2.00 bits per heavy atom. The molecule has 0 bridgehead atoms. The molecule has 0 fully saturated rings. The Hall–Kier alpha value is -0.870. The van der Waals surface area contributed by atoms with Gasteiger partial charge in [-0.15, -0.1) is 0 Å². The van der Waals surface area contributed by atoms with Gasteiger partial charge < -0.3 is 5.73 Å². The summed E-state index contributed by atoms with van der Waals surface area (Å²) in [7, 11) is 0. The highest BCUT2D eigenvalue weighted by Gasteiger charge is 2.27. The van der Waals surface area contributed by atoms with E-state index in [0.717, 1.165) is 6.42 Å². The van der Waals surface area contributed by atoms with Crippen molar-refractivity contribution in [3.63, 3.8) is 0 Å². The lowest BCUT2D eigenvalue weighted by Gasteiger charge is -2.32. The van der Waals surface area contributed by atoms with Crippen LogP contribution in [0.2, 0.25) is 0 Å². The predicted octanol–water partition coefficient (Wildman–Crippen LogP) is 4.33. The Morgan fingerprint density at radius 3 is 2.79 bits per heavy atom. The predicted molar refractivity (Wildman–Crippen MR) is 88.3 cm³/mol. The molecule has 2 aromatic carbocycles. The minimum absolute atomic E-state index is 0.144. The van der Waals surface area contributed by atoms with E-state index in [1.54, 1.807) is 0 Å². The van der Waals surface area contributed by atoms with Crippen LogP contribution in [0.1, 0.15) is 40.6 Å². The second-order valence-electron chi connectivity index (χ2n) is 5.42. The summed E-state index contributed by atoms with van der Waals surface area (Å²) in [6.45, 7) is 2.15. The molecule has 0 amide bonds. The van der Waals surface area contributed by atoms with Crippen LogP contribution in [0, 0.1) is 10.5 Å². The van der Waals surface area contributed by atoms with Gasteiger partial charge in [-0.1, -0.05) is 42.5 Å². The van der Waals surface area contributed by atoms with Crippen LogP contribution in [0.3, 0.4) is 0 Å². The molecule has 2 unspecified atom stereocenters. The Kier molecular flexibility index (Phi) is 3.63. The molecule has 2 heteroatoms. The first kappa shape index (κ1) is 13.1. The number of fused-ring (bicyclic) bond motifs is 1. The first-order valence-electron chi connectivity index (χ1n) is 6.75. The van der Waals surface area contributed by atoms with Crippen molar-refractivity contribution >= 4 is 22.6 Å². The SMILES string of the molecule is Cc1cccc(C(N)CC2Cc3ccccc32)c1I. The van der Waals surface area contributed by atoms with Gasteiger partial charge in [0.05, 0.1) is 0 Å². The lowest BCUT2D eigenvalue weighted by Crippen LogP contribution is -2.23. The van der Waals surface area contributed by atoms with Crippen molar-refractivity contribution in [2.75, 3.05) is 0 Å². The largest absolute Gasteiger partial charge is 0.324 e. The zero-order chi connectivity index (χ0) is 13.4. The molecule has 2 aromatic rings. The van der Waals surface area contributed by atoms with Crippen LogP contribution < -0.4 is 5.73 Å². The lowest BCUT2D eigenvalue weighted by molar-refractivity contribution is 0.497. The van der Waals surface area contributed by atoms with E-state index in [-0.39, 0.29) is 6.04 Å². The van der Waals surface area contributed by atoms with Gasteiger partial charge in [0.25, 0.3) is 0 Å². The smallest absolute Gasteiger partial charge is 0.0311 e. The monoisotopic (exact) mass is 363 g/mol. The van der Waals surface area contributed by atoms with Crippen LogP contribution >= 0.6 is 22.6 Å². The van der Waals surface area contributed by atoms with Crippen LogP contribution in [-0.4, -0.2) is 0 Å². The van der Waals surface area contributed by atoms with Gasteiger partial charge in [-0.25, -0.2) is 0 Å². The molecule has 0 saturated carbocycles. The minimum atomic E-state index is 0.144. The first-order valence-corrected chi connectivity index (χ1v) is 7.83. The maximum atomic E-state index is 6.43. The molecule has 0 heterocycles. The van der Waals surface area contributed by atoms with Gasteiger partial charge in [0.2, 0.25) is 0 Å². The number of halogens is 1. The van der Waals surface area contributed by atoms with Crippen LogP contribution in [0.25, 0.3) is 0 Å². The van der Waals surface area contributed by atoms with Crippen molar-refractivity contribution in [3.8, 4) is 0 Å². The van der Waals surface area contributed by atoms with Gasteiger partial charge >= 0.3 is 0 Å². The minimum Gasteiger partial charge on any atom is -0.324 e. The quantitative estimate of drug-likeness (QED) is 0.808. The van der Waals surface area contributed by atoms with Crippen molar-refractivity contribution in [1.29, 1.82) is 0 Å². The Labute approximate surface area is 128 Å². The molecule has 2 atom stereocenters. The third kappa shape index (κ3) is 2.43. The van der Waals surface area contributed by atoms with Gasteiger partial charge in [0, 0.05) is 9.61 Å². The topological polar surface area (TPSA) is 26.0 Å². The standard InChI is InChI=1S/C17H18IN/c1-11-5-4-8-15(17(11)18)16(19)10-13-9-12-6-2-3-7-14(12)13/h2-8,13,16H,9-10,19H2,1H3. The van der Waals surface area contributed by atoms with E-state index in [0.29, 0.717) is 5.92 Å². The third-order valence-corrected chi connectivity index (χ3v) is 5.59. The number of hydrogen-bond donors (Lipinski definition) is 1. The third-order valence-electron chi connectivity index (χ3n) is 4.12. The highest BCUT2D eigenvalue weighted by atomic mass is 127. The summed E-state index contributed by atoms with van der Waals surface area (Å²) in [5.74, 6) is 0.641. The summed E-state index contributed by atoms with van der Waals surface area (Å²) >= 11 is 2.42. The summed E-state index contributed by atoms with van der Waals surface area (Å²) in [4.78, 5) is 0. The van der Waals surface area contributed by atoms with Crippen molar-refractivity contribution in [1.82, 2.24) is 0 Å². The second-order valence-corrected chi connectivity index (χ2v) is 6.50. The molecule has 1 nitrogen and oxygen atoms in total. The molecular formula is C17H18IN. The average molecular weight is 363 g/mol. The normalized spacial score (nSPS) is 18.6. The van der Waals surface area contributed by atoms with Crippen LogP contribution in [0.5, 0.6) is 0 Å². The lowest BCUT2D eigenvalue weighted by atomic mass is 9.74. The highest BCUT2D eigenvalue weighted by Crippen LogP contribution is 2.40. The molecule has 0 aromatic heterocycles. The summed E-state index contributed by atoms with van der Waals surface area (Å²) in [5, 5.41) is 0. The molecule has 2 N–H and O–H groups in total. The van der Waals surface area contributed by atoms with Crippen molar-refractivity contribution in [2.45, 2.75) is 31.7 Å². The van der Waals surface area contributed by atoms with E-state index in [1.807, 2.05) is 0 Å². The summed E-state index contributed by atoms with van der Waals surface area (Å²) in [5.41, 5.74) is 12.0. The fourth-order valence-electron chi connectivity index (χ4n) is 2.96. The number of nitrogens with two attached hydrogens (primary N) is 1. The molecule has 3 rings (SSSR count). The summed E-state index contributed by atoms with van der Waals surface area (Å²) in [6, 6.07) is 15.3. The van der Waals surface area contributed by atoms with E-state index in [4.69, 9.17) is 5.73 Å². The van der Waals surface area contributed by atoms with Gasteiger partial charge in [0.1, 0.15) is 0 Å². The Balaban J connectivity index is 1.77. The van der Waals surface area contributed by atoms with Gasteiger partial charge in [-0.2, -0.15) is 0 Å². The number of benzene rings is 2. The van der Waals surface area contributed by atoms with Gasteiger partial charge in [-0.3, -0.25) is 0 Å². The highest BCUT2D eigenvalue weighted by molar-refractivity contribution is 14.1. The molecule has 0 saturated heterocycles. The number of hydrogen-bond acceptors (Lipinski definition) is 1. The van der Waals surface area contributed by atoms with Crippen molar-refractivity contribution in [2.24, 2.45) is 5.73 Å². The van der Waals surface area contributed by atoms with E-state index in [9.17, 15) is 0 Å². The Bertz CT molecular complexity index is 606. The Morgan fingerprint density at radius 1 is 1.21 bits per heavy atom. The molecule has 0 radical (unpaired) electrons. The van der Waals surface area contributed by atoms with Crippen LogP contribution in [0.4, 0.5) is 0 Å². The van der Waals surface area contributed by atoms with Gasteiger partial charge in [-0.05, 0) is 70.5 Å². The molecular weight excluding hydrogens is 345 g/mol. The van der Waals surface area contributed by atoms with Crippen LogP contribution in [0.15, 0.2) is 42.5 Å². The zero-order valence-electron chi connectivity index (χ0n) is 11.1. The molecule has 1 aliphatic carbocycles. The maximum Gasteiger partial charge on any atom is 0.0311 e. The van der Waals surface area contributed by atoms with Crippen molar-refractivity contribution < 1.29 is 0 Å². The van der Waals surface area contributed by atoms with E-state index in [1.165, 1.54) is 32.2 Å². The van der Waals surface area contributed by atoms with E-state index in [2.05, 4.69) is 72.0 Å². The molecule has 1 aliphatic rings. The van der Waals surface area contributed by atoms with E-state index < -0.39 is 0 Å². The number of rotatable bonds is 3. The molecule has 98 valence electrons. The zero-order valence-corrected chi connectivity index (χ0v) is 13.2. The first-order chi connectivity index (χ1) is 9.16. The molecule has 0 aliphatic heterocycles. The van der Waals surface area contributed by atoms with Crippen LogP contribution in [-0.2, 0) is 6.42 Å².